The number of nitrogens with one attached hydrogen (secondary N) is 1. The number of rotatable bonds is 9. The molecule has 7 nitrogen and oxygen atoms in total. The summed E-state index contributed by atoms with van der Waals surface area (Å²) < 4.78 is 16.6. The Morgan fingerprint density at radius 2 is 2.00 bits per heavy atom. The van der Waals surface area contributed by atoms with Crippen molar-refractivity contribution in [1.82, 2.24) is 15.2 Å². The average Bonchev–Trinajstić information content (AvgIpc) is 3.45. The summed E-state index contributed by atoms with van der Waals surface area (Å²) in [5.74, 6) is 2.13. The number of hydrogen-bond acceptors (Lipinski definition) is 6. The first-order valence-electron chi connectivity index (χ1n) is 11.0. The number of carbonyl (C=O) groups excluding carboxylic acids is 1. The summed E-state index contributed by atoms with van der Waals surface area (Å²) in [4.78, 5) is 18.2. The number of hydrogen-bond donors (Lipinski definition) is 1. The van der Waals surface area contributed by atoms with Gasteiger partial charge in [0.25, 0.3) is 0 Å². The molecule has 2 aromatic heterocycles. The summed E-state index contributed by atoms with van der Waals surface area (Å²) >= 11 is 5.66. The van der Waals surface area contributed by atoms with Crippen LogP contribution in [0.1, 0.15) is 43.3 Å². The second-order valence-electron chi connectivity index (χ2n) is 7.66. The molecule has 3 heterocycles. The maximum absolute atomic E-state index is 11.6. The third kappa shape index (κ3) is 5.17. The molecule has 33 heavy (non-hydrogen) atoms. The molecular weight excluding hydrogens is 438 g/mol. The van der Waals surface area contributed by atoms with Gasteiger partial charge in [-0.15, -0.1) is 0 Å². The molecule has 2 atom stereocenters. The topological polar surface area (TPSA) is 76.8 Å². The third-order valence-electron chi connectivity index (χ3n) is 5.57. The molecule has 1 aromatic carbocycles. The largest absolute Gasteiger partial charge is 0.494 e. The van der Waals surface area contributed by atoms with Crippen molar-refractivity contribution in [2.24, 2.45) is 0 Å². The molecular formula is C25H27N3O4S. The lowest BCUT2D eigenvalue weighted by atomic mass is 10.0. The van der Waals surface area contributed by atoms with E-state index in [-0.39, 0.29) is 18.1 Å². The van der Waals surface area contributed by atoms with Crippen molar-refractivity contribution in [2.75, 3.05) is 20.3 Å². The highest BCUT2D eigenvalue weighted by Gasteiger charge is 2.41. The van der Waals surface area contributed by atoms with Crippen LogP contribution < -0.4 is 10.1 Å². The second-order valence-corrected chi connectivity index (χ2v) is 8.05. The Kier molecular flexibility index (Phi) is 7.24. The smallest absolute Gasteiger partial charge is 0.305 e. The van der Waals surface area contributed by atoms with Gasteiger partial charge in [0.15, 0.2) is 5.11 Å². The molecule has 172 valence electrons. The predicted molar refractivity (Wildman–Crippen MR) is 129 cm³/mol. The molecule has 1 saturated heterocycles. The minimum atomic E-state index is -0.235. The first-order valence-corrected chi connectivity index (χ1v) is 11.4. The number of aromatic nitrogens is 1. The summed E-state index contributed by atoms with van der Waals surface area (Å²) in [6.07, 6.45) is 2.71. The summed E-state index contributed by atoms with van der Waals surface area (Å²) in [5, 5.41) is 4.00. The van der Waals surface area contributed by atoms with Crippen LogP contribution in [-0.2, 0) is 9.53 Å². The molecule has 4 rings (SSSR count). The van der Waals surface area contributed by atoms with Crippen molar-refractivity contribution in [3.8, 4) is 17.1 Å². The fourth-order valence-corrected chi connectivity index (χ4v) is 4.33. The number of nitrogens with zero attached hydrogens (tertiary/aromatic N) is 2. The van der Waals surface area contributed by atoms with Crippen molar-refractivity contribution < 1.29 is 18.7 Å². The number of carbonyl (C=O) groups is 1. The van der Waals surface area contributed by atoms with E-state index in [1.165, 1.54) is 7.11 Å². The van der Waals surface area contributed by atoms with Crippen LogP contribution in [0.4, 0.5) is 0 Å². The van der Waals surface area contributed by atoms with Crippen molar-refractivity contribution >= 4 is 23.3 Å². The zero-order valence-corrected chi connectivity index (χ0v) is 19.5. The van der Waals surface area contributed by atoms with E-state index in [1.807, 2.05) is 61.5 Å². The van der Waals surface area contributed by atoms with Crippen molar-refractivity contribution in [3.63, 3.8) is 0 Å². The molecule has 0 unspecified atom stereocenters. The molecule has 1 fully saturated rings. The van der Waals surface area contributed by atoms with Crippen LogP contribution in [-0.4, -0.2) is 41.2 Å². The Balaban J connectivity index is 1.61. The molecule has 8 heteroatoms. The SMILES string of the molecule is CCOc1ccc(-c2ccc([C@H]3[C@H](c4ccccn4)NC(=S)N3CCCC(=O)OC)o2)cc1. The quantitative estimate of drug-likeness (QED) is 0.361. The summed E-state index contributed by atoms with van der Waals surface area (Å²) in [6.45, 7) is 3.18. The maximum Gasteiger partial charge on any atom is 0.305 e. The molecule has 0 spiro atoms. The van der Waals surface area contributed by atoms with Gasteiger partial charge in [0.2, 0.25) is 0 Å². The van der Waals surface area contributed by atoms with E-state index in [0.717, 1.165) is 28.5 Å². The average molecular weight is 466 g/mol. The third-order valence-corrected chi connectivity index (χ3v) is 5.93. The van der Waals surface area contributed by atoms with E-state index < -0.39 is 0 Å². The Hall–Kier alpha value is -3.39. The Morgan fingerprint density at radius 3 is 2.70 bits per heavy atom. The molecule has 0 bridgehead atoms. The van der Waals surface area contributed by atoms with Crippen molar-refractivity contribution in [3.05, 3.63) is 72.2 Å². The van der Waals surface area contributed by atoms with Gasteiger partial charge in [-0.25, -0.2) is 0 Å². The van der Waals surface area contributed by atoms with Gasteiger partial charge in [0.05, 0.1) is 25.5 Å². The molecule has 3 aromatic rings. The van der Waals surface area contributed by atoms with E-state index in [2.05, 4.69) is 15.2 Å². The van der Waals surface area contributed by atoms with Gasteiger partial charge in [0.1, 0.15) is 23.3 Å². The van der Waals surface area contributed by atoms with E-state index in [1.54, 1.807) is 6.20 Å². The molecule has 0 radical (unpaired) electrons. The number of methoxy groups -OCH3 is 1. The van der Waals surface area contributed by atoms with Crippen molar-refractivity contribution in [2.45, 2.75) is 31.8 Å². The second kappa shape index (κ2) is 10.5. The fraction of sp³-hybridized carbons (Fsp3) is 0.320. The maximum atomic E-state index is 11.6. The first-order chi connectivity index (χ1) is 16.1. The molecule has 1 aliphatic rings. The predicted octanol–water partition coefficient (Wildman–Crippen LogP) is 4.67. The number of ether oxygens (including phenoxy) is 2. The number of benzene rings is 1. The first kappa shape index (κ1) is 22.8. The van der Waals surface area contributed by atoms with E-state index >= 15 is 0 Å². The van der Waals surface area contributed by atoms with Crippen LogP contribution in [0.25, 0.3) is 11.3 Å². The standard InChI is InChI=1S/C25H27N3O4S/c1-3-31-18-11-9-17(10-12-18)20-13-14-21(32-20)24-23(19-7-4-5-15-26-19)27-25(33)28(24)16-6-8-22(29)30-2/h4-5,7,9-15,23-24H,3,6,8,16H2,1-2H3,(H,27,33)/t23-,24-/m0/s1. The van der Waals surface area contributed by atoms with E-state index in [0.29, 0.717) is 31.1 Å². The lowest BCUT2D eigenvalue weighted by Gasteiger charge is -2.25. The van der Waals surface area contributed by atoms with Gasteiger partial charge >= 0.3 is 5.97 Å². The minimum absolute atomic E-state index is 0.170. The Labute approximate surface area is 198 Å². The highest BCUT2D eigenvalue weighted by atomic mass is 32.1. The number of pyridine rings is 1. The molecule has 0 saturated carbocycles. The number of esters is 1. The minimum Gasteiger partial charge on any atom is -0.494 e. The molecule has 0 aliphatic carbocycles. The number of thiocarbonyl (C=S) groups is 1. The van der Waals surface area contributed by atoms with Gasteiger partial charge in [-0.3, -0.25) is 9.78 Å². The highest BCUT2D eigenvalue weighted by Crippen LogP contribution is 2.40. The van der Waals surface area contributed by atoms with Crippen molar-refractivity contribution in [1.29, 1.82) is 0 Å². The zero-order chi connectivity index (χ0) is 23.2. The van der Waals surface area contributed by atoms with Crippen LogP contribution >= 0.6 is 12.2 Å². The summed E-state index contributed by atoms with van der Waals surface area (Å²) in [6, 6.07) is 17.2. The Morgan fingerprint density at radius 1 is 1.18 bits per heavy atom. The van der Waals surface area contributed by atoms with Gasteiger partial charge in [-0.2, -0.15) is 0 Å². The molecule has 0 amide bonds. The van der Waals surface area contributed by atoms with Crippen LogP contribution in [0.3, 0.4) is 0 Å². The van der Waals surface area contributed by atoms with Gasteiger partial charge in [0, 0.05) is 24.7 Å². The molecule has 1 aliphatic heterocycles. The summed E-state index contributed by atoms with van der Waals surface area (Å²) in [5.41, 5.74) is 1.84. The molecule has 1 N–H and O–H groups in total. The van der Waals surface area contributed by atoms with Crippen LogP contribution in [0.5, 0.6) is 5.75 Å². The van der Waals surface area contributed by atoms with Gasteiger partial charge in [-0.1, -0.05) is 6.07 Å². The van der Waals surface area contributed by atoms with Gasteiger partial charge < -0.3 is 24.1 Å². The normalized spacial score (nSPS) is 17.6. The monoisotopic (exact) mass is 465 g/mol. The number of furan rings is 1. The van der Waals surface area contributed by atoms with E-state index in [4.69, 9.17) is 26.1 Å². The summed E-state index contributed by atoms with van der Waals surface area (Å²) in [7, 11) is 1.40. The van der Waals surface area contributed by atoms with E-state index in [9.17, 15) is 4.79 Å². The lowest BCUT2D eigenvalue weighted by molar-refractivity contribution is -0.140. The Bertz CT molecular complexity index is 1080. The highest BCUT2D eigenvalue weighted by molar-refractivity contribution is 7.80. The van der Waals surface area contributed by atoms with Gasteiger partial charge in [-0.05, 0) is 74.1 Å². The van der Waals surface area contributed by atoms with Crippen LogP contribution in [0, 0.1) is 0 Å². The lowest BCUT2D eigenvalue weighted by Crippen LogP contribution is -2.30. The van der Waals surface area contributed by atoms with Crippen LogP contribution in [0.15, 0.2) is 65.2 Å². The van der Waals surface area contributed by atoms with Crippen LogP contribution in [0.2, 0.25) is 0 Å². The fourth-order valence-electron chi connectivity index (χ4n) is 4.00. The zero-order valence-electron chi connectivity index (χ0n) is 18.7.